The number of nitrogens with zero attached hydrogens (tertiary/aromatic N) is 1. The molecule has 80 valence electrons. The van der Waals surface area contributed by atoms with Gasteiger partial charge in [-0.2, -0.15) is 0 Å². The summed E-state index contributed by atoms with van der Waals surface area (Å²) in [7, 11) is 0. The Kier molecular flexibility index (Phi) is 2.11. The lowest BCUT2D eigenvalue weighted by Crippen LogP contribution is -2.44. The van der Waals surface area contributed by atoms with Crippen molar-refractivity contribution in [3.05, 3.63) is 33.2 Å². The van der Waals surface area contributed by atoms with E-state index >= 15 is 0 Å². The molecule has 15 heavy (non-hydrogen) atoms. The molecule has 0 aliphatic carbocycles. The summed E-state index contributed by atoms with van der Waals surface area (Å²) in [6.07, 6.45) is 1.16. The van der Waals surface area contributed by atoms with Crippen LogP contribution in [0.5, 0.6) is 0 Å². The van der Waals surface area contributed by atoms with E-state index in [9.17, 15) is 4.79 Å². The van der Waals surface area contributed by atoms with Gasteiger partial charge in [0.15, 0.2) is 0 Å². The van der Waals surface area contributed by atoms with Gasteiger partial charge in [-0.15, -0.1) is 0 Å². The van der Waals surface area contributed by atoms with Gasteiger partial charge in [-0.25, -0.2) is 0 Å². The van der Waals surface area contributed by atoms with E-state index in [-0.39, 0.29) is 5.56 Å². The van der Waals surface area contributed by atoms with Crippen LogP contribution < -0.4 is 10.9 Å². The van der Waals surface area contributed by atoms with Crippen LogP contribution in [0.4, 0.5) is 0 Å². The van der Waals surface area contributed by atoms with Crippen molar-refractivity contribution < 1.29 is 0 Å². The van der Waals surface area contributed by atoms with Crippen molar-refractivity contribution in [2.75, 3.05) is 13.1 Å². The summed E-state index contributed by atoms with van der Waals surface area (Å²) in [6.45, 7) is 2.78. The third kappa shape index (κ3) is 1.42. The normalized spacial score (nSPS) is 28.6. The van der Waals surface area contributed by atoms with Gasteiger partial charge in [0.1, 0.15) is 0 Å². The smallest absolute Gasteiger partial charge is 0.250 e. The number of aromatic nitrogens is 1. The van der Waals surface area contributed by atoms with Crippen molar-refractivity contribution in [1.82, 2.24) is 9.88 Å². The van der Waals surface area contributed by atoms with Crippen molar-refractivity contribution in [3.8, 4) is 0 Å². The second-order valence-corrected chi connectivity index (χ2v) is 4.88. The molecule has 1 N–H and O–H groups in total. The lowest BCUT2D eigenvalue weighted by molar-refractivity contribution is 0.257. The van der Waals surface area contributed by atoms with E-state index in [1.807, 2.05) is 4.57 Å². The van der Waals surface area contributed by atoms with Gasteiger partial charge in [0.05, 0.1) is 5.02 Å². The van der Waals surface area contributed by atoms with E-state index in [4.69, 9.17) is 11.6 Å². The Morgan fingerprint density at radius 3 is 3.13 bits per heavy atom. The van der Waals surface area contributed by atoms with Gasteiger partial charge in [-0.1, -0.05) is 11.6 Å². The molecular weight excluding hydrogens is 212 g/mol. The summed E-state index contributed by atoms with van der Waals surface area (Å²) >= 11 is 6.17. The molecule has 1 aromatic heterocycles. The molecule has 1 fully saturated rings. The molecule has 3 rings (SSSR count). The number of rotatable bonds is 0. The molecule has 0 unspecified atom stereocenters. The van der Waals surface area contributed by atoms with Gasteiger partial charge in [0.25, 0.3) is 5.56 Å². The zero-order valence-electron chi connectivity index (χ0n) is 8.37. The van der Waals surface area contributed by atoms with Crippen molar-refractivity contribution in [2.24, 2.45) is 5.92 Å². The Morgan fingerprint density at radius 1 is 1.40 bits per heavy atom. The van der Waals surface area contributed by atoms with Gasteiger partial charge in [0.2, 0.25) is 0 Å². The second-order valence-electron chi connectivity index (χ2n) is 4.47. The van der Waals surface area contributed by atoms with Crippen LogP contribution in [0.1, 0.15) is 18.0 Å². The average Bonchev–Trinajstić information content (AvgIpc) is 2.24. The summed E-state index contributed by atoms with van der Waals surface area (Å²) in [4.78, 5) is 11.7. The van der Waals surface area contributed by atoms with Crippen molar-refractivity contribution in [1.29, 1.82) is 0 Å². The number of halogens is 1. The van der Waals surface area contributed by atoms with E-state index in [0.717, 1.165) is 36.8 Å². The fourth-order valence-electron chi connectivity index (χ4n) is 2.81. The number of hydrogen-bond acceptors (Lipinski definition) is 2. The van der Waals surface area contributed by atoms with Gasteiger partial charge in [0, 0.05) is 30.8 Å². The number of hydrogen-bond donors (Lipinski definition) is 1. The molecule has 4 heteroatoms. The Morgan fingerprint density at radius 2 is 2.27 bits per heavy atom. The quantitative estimate of drug-likeness (QED) is 0.719. The molecular formula is C11H13ClN2O. The molecule has 3 nitrogen and oxygen atoms in total. The molecule has 0 spiro atoms. The molecule has 0 aromatic carbocycles. The largest absolute Gasteiger partial charge is 0.316 e. The second kappa shape index (κ2) is 3.35. The summed E-state index contributed by atoms with van der Waals surface area (Å²) in [6, 6.07) is 3.30. The van der Waals surface area contributed by atoms with Gasteiger partial charge in [-0.05, 0) is 24.9 Å². The van der Waals surface area contributed by atoms with Crippen LogP contribution in [0.2, 0.25) is 5.02 Å². The Bertz CT molecular complexity index is 454. The standard InChI is InChI=1S/C11H13ClN2O/c12-9-1-2-10(15)14-6-7-3-8(11(9)14)5-13-4-7/h1-2,7-8,13H,3-6H2/t7-,8-/m0/s1. The first-order valence-corrected chi connectivity index (χ1v) is 5.73. The Balaban J connectivity index is 2.20. The first-order chi connectivity index (χ1) is 7.25. The molecule has 2 atom stereocenters. The third-order valence-corrected chi connectivity index (χ3v) is 3.76. The number of fused-ring (bicyclic) bond motifs is 4. The van der Waals surface area contributed by atoms with Gasteiger partial charge >= 0.3 is 0 Å². The maximum absolute atomic E-state index is 11.7. The number of piperidine rings is 1. The number of nitrogens with one attached hydrogen (secondary N) is 1. The summed E-state index contributed by atoms with van der Waals surface area (Å²) in [5, 5.41) is 4.14. The molecule has 2 aliphatic heterocycles. The third-order valence-electron chi connectivity index (χ3n) is 3.44. The first-order valence-electron chi connectivity index (χ1n) is 5.35. The predicted octanol–water partition coefficient (Wildman–Crippen LogP) is 1.21. The lowest BCUT2D eigenvalue weighted by Gasteiger charge is -2.37. The summed E-state index contributed by atoms with van der Waals surface area (Å²) < 4.78 is 1.86. The van der Waals surface area contributed by atoms with Crippen LogP contribution in [0.25, 0.3) is 0 Å². The monoisotopic (exact) mass is 224 g/mol. The van der Waals surface area contributed by atoms with Crippen molar-refractivity contribution >= 4 is 11.6 Å². The van der Waals surface area contributed by atoms with Crippen molar-refractivity contribution in [3.63, 3.8) is 0 Å². The maximum atomic E-state index is 11.7. The zero-order valence-corrected chi connectivity index (χ0v) is 9.13. The number of pyridine rings is 1. The van der Waals surface area contributed by atoms with E-state index in [2.05, 4.69) is 5.32 Å². The van der Waals surface area contributed by atoms with E-state index in [1.165, 1.54) is 0 Å². The topological polar surface area (TPSA) is 34.0 Å². The van der Waals surface area contributed by atoms with Crippen LogP contribution in [0, 0.1) is 5.92 Å². The predicted molar refractivity (Wildman–Crippen MR) is 59.4 cm³/mol. The molecule has 3 heterocycles. The minimum Gasteiger partial charge on any atom is -0.316 e. The summed E-state index contributed by atoms with van der Waals surface area (Å²) in [5.41, 5.74) is 1.12. The molecule has 0 radical (unpaired) electrons. The molecule has 0 amide bonds. The Labute approximate surface area is 93.1 Å². The highest BCUT2D eigenvalue weighted by Gasteiger charge is 2.32. The highest BCUT2D eigenvalue weighted by molar-refractivity contribution is 6.31. The molecule has 2 bridgehead atoms. The fourth-order valence-corrected chi connectivity index (χ4v) is 3.13. The minimum absolute atomic E-state index is 0.0889. The molecule has 0 saturated carbocycles. The fraction of sp³-hybridized carbons (Fsp3) is 0.545. The first kappa shape index (κ1) is 9.43. The Hall–Kier alpha value is -0.800. The maximum Gasteiger partial charge on any atom is 0.250 e. The highest BCUT2D eigenvalue weighted by atomic mass is 35.5. The summed E-state index contributed by atoms with van der Waals surface area (Å²) in [5.74, 6) is 1.01. The van der Waals surface area contributed by atoms with Crippen LogP contribution >= 0.6 is 11.6 Å². The van der Waals surface area contributed by atoms with E-state index in [1.54, 1.807) is 12.1 Å². The molecule has 2 aliphatic rings. The highest BCUT2D eigenvalue weighted by Crippen LogP contribution is 2.35. The lowest BCUT2D eigenvalue weighted by atomic mass is 9.84. The van der Waals surface area contributed by atoms with Gasteiger partial charge in [-0.3, -0.25) is 4.79 Å². The van der Waals surface area contributed by atoms with Crippen LogP contribution in [-0.4, -0.2) is 17.7 Å². The van der Waals surface area contributed by atoms with Crippen LogP contribution in [0.3, 0.4) is 0 Å². The van der Waals surface area contributed by atoms with E-state index in [0.29, 0.717) is 11.8 Å². The zero-order chi connectivity index (χ0) is 10.4. The molecule has 1 aromatic rings. The minimum atomic E-state index is 0.0889. The molecule has 1 saturated heterocycles. The van der Waals surface area contributed by atoms with Crippen LogP contribution in [0.15, 0.2) is 16.9 Å². The van der Waals surface area contributed by atoms with E-state index < -0.39 is 0 Å². The van der Waals surface area contributed by atoms with Crippen molar-refractivity contribution in [2.45, 2.75) is 18.9 Å². The SMILES string of the molecule is O=c1ccc(Cl)c2n1C[C@@H]1CNC[C@@H]2C1. The van der Waals surface area contributed by atoms with Crippen LogP contribution in [-0.2, 0) is 6.54 Å². The average molecular weight is 225 g/mol. The van der Waals surface area contributed by atoms with Gasteiger partial charge < -0.3 is 9.88 Å².